The number of para-hydroxylation sites is 1. The first-order valence-corrected chi connectivity index (χ1v) is 9.44. The molecule has 0 saturated heterocycles. The van der Waals surface area contributed by atoms with Crippen LogP contribution in [0.3, 0.4) is 0 Å². The van der Waals surface area contributed by atoms with Crippen LogP contribution in [0, 0.1) is 0 Å². The van der Waals surface area contributed by atoms with Crippen LogP contribution in [0.2, 0.25) is 0 Å². The third-order valence-electron chi connectivity index (χ3n) is 4.39. The number of ether oxygens (including phenoxy) is 2. The second-order valence-electron chi connectivity index (χ2n) is 6.48. The van der Waals surface area contributed by atoms with Crippen molar-refractivity contribution in [3.8, 4) is 11.5 Å². The summed E-state index contributed by atoms with van der Waals surface area (Å²) in [5.41, 5.74) is 0. The molecule has 0 aliphatic heterocycles. The first kappa shape index (κ1) is 18.6. The highest BCUT2D eigenvalue weighted by Crippen LogP contribution is 2.21. The Kier molecular flexibility index (Phi) is 5.76. The van der Waals surface area contributed by atoms with Gasteiger partial charge in [-0.05, 0) is 47.2 Å². The van der Waals surface area contributed by atoms with Gasteiger partial charge in [-0.2, -0.15) is 0 Å². The van der Waals surface area contributed by atoms with Crippen molar-refractivity contribution in [3.05, 3.63) is 96.4 Å². The number of amides is 1. The van der Waals surface area contributed by atoms with E-state index in [9.17, 15) is 4.79 Å². The van der Waals surface area contributed by atoms with Crippen molar-refractivity contribution in [3.63, 3.8) is 0 Å². The second kappa shape index (κ2) is 8.97. The Morgan fingerprint density at radius 2 is 1.59 bits per heavy atom. The fraction of sp³-hybridized carbons (Fsp3) is 0.125. The standard InChI is InChI=1S/C24H21NO4/c26-24(25-14-15-27-20-8-2-1-3-9-20)23-13-12-22(29-23)17-28-21-11-10-18-6-4-5-7-19(18)16-21/h1-13,16H,14-15,17H2,(H,25,26). The molecule has 0 aliphatic carbocycles. The molecule has 0 saturated carbocycles. The van der Waals surface area contributed by atoms with Gasteiger partial charge in [0.2, 0.25) is 0 Å². The lowest BCUT2D eigenvalue weighted by Crippen LogP contribution is -2.27. The first-order valence-electron chi connectivity index (χ1n) is 9.44. The smallest absolute Gasteiger partial charge is 0.287 e. The molecule has 0 atom stereocenters. The summed E-state index contributed by atoms with van der Waals surface area (Å²) in [6, 6.07) is 26.9. The molecule has 3 aromatic carbocycles. The van der Waals surface area contributed by atoms with Gasteiger partial charge in [0, 0.05) is 0 Å². The van der Waals surface area contributed by atoms with Crippen LogP contribution >= 0.6 is 0 Å². The van der Waals surface area contributed by atoms with Crippen molar-refractivity contribution in [2.75, 3.05) is 13.2 Å². The van der Waals surface area contributed by atoms with E-state index < -0.39 is 0 Å². The summed E-state index contributed by atoms with van der Waals surface area (Å²) in [5, 5.41) is 5.05. The van der Waals surface area contributed by atoms with Gasteiger partial charge in [-0.1, -0.05) is 48.5 Å². The summed E-state index contributed by atoms with van der Waals surface area (Å²) < 4.78 is 16.9. The molecule has 0 unspecified atom stereocenters. The number of carbonyl (C=O) groups is 1. The highest BCUT2D eigenvalue weighted by Gasteiger charge is 2.11. The predicted molar refractivity (Wildman–Crippen MR) is 111 cm³/mol. The van der Waals surface area contributed by atoms with E-state index in [2.05, 4.69) is 11.4 Å². The zero-order valence-corrected chi connectivity index (χ0v) is 15.8. The van der Waals surface area contributed by atoms with Crippen LogP contribution < -0.4 is 14.8 Å². The number of fused-ring (bicyclic) bond motifs is 1. The zero-order chi connectivity index (χ0) is 19.9. The van der Waals surface area contributed by atoms with E-state index in [1.807, 2.05) is 66.7 Å². The summed E-state index contributed by atoms with van der Waals surface area (Å²) in [4.78, 5) is 12.2. The maximum atomic E-state index is 12.2. The Labute approximate surface area is 168 Å². The number of furan rings is 1. The molecule has 5 nitrogen and oxygen atoms in total. The van der Waals surface area contributed by atoms with Crippen LogP contribution in [-0.2, 0) is 6.61 Å². The fourth-order valence-electron chi connectivity index (χ4n) is 2.93. The van der Waals surface area contributed by atoms with E-state index in [4.69, 9.17) is 13.9 Å². The van der Waals surface area contributed by atoms with Crippen molar-refractivity contribution >= 4 is 16.7 Å². The molecule has 5 heteroatoms. The summed E-state index contributed by atoms with van der Waals surface area (Å²) in [5.74, 6) is 2.08. The van der Waals surface area contributed by atoms with E-state index >= 15 is 0 Å². The maximum Gasteiger partial charge on any atom is 0.287 e. The van der Waals surface area contributed by atoms with E-state index in [-0.39, 0.29) is 18.3 Å². The van der Waals surface area contributed by atoms with Gasteiger partial charge < -0.3 is 19.2 Å². The van der Waals surface area contributed by atoms with Gasteiger partial charge >= 0.3 is 0 Å². The van der Waals surface area contributed by atoms with Crippen molar-refractivity contribution in [1.29, 1.82) is 0 Å². The maximum absolute atomic E-state index is 12.2. The SMILES string of the molecule is O=C(NCCOc1ccccc1)c1ccc(COc2ccc3ccccc3c2)o1. The van der Waals surface area contributed by atoms with Crippen LogP contribution in [0.15, 0.2) is 89.3 Å². The lowest BCUT2D eigenvalue weighted by atomic mass is 10.1. The quantitative estimate of drug-likeness (QED) is 0.440. The van der Waals surface area contributed by atoms with Gasteiger partial charge in [0.25, 0.3) is 5.91 Å². The lowest BCUT2D eigenvalue weighted by molar-refractivity contribution is 0.0915. The van der Waals surface area contributed by atoms with Crippen LogP contribution in [0.25, 0.3) is 10.8 Å². The third kappa shape index (κ3) is 4.96. The molecule has 0 fully saturated rings. The number of nitrogens with one attached hydrogen (secondary N) is 1. The highest BCUT2D eigenvalue weighted by molar-refractivity contribution is 5.91. The number of hydrogen-bond donors (Lipinski definition) is 1. The van der Waals surface area contributed by atoms with E-state index in [1.165, 1.54) is 0 Å². The highest BCUT2D eigenvalue weighted by atomic mass is 16.5. The normalized spacial score (nSPS) is 10.6. The Bertz CT molecular complexity index is 1090. The molecule has 0 radical (unpaired) electrons. The van der Waals surface area contributed by atoms with E-state index in [1.54, 1.807) is 12.1 Å². The van der Waals surface area contributed by atoms with E-state index in [0.717, 1.165) is 22.3 Å². The number of hydrogen-bond acceptors (Lipinski definition) is 4. The monoisotopic (exact) mass is 387 g/mol. The Morgan fingerprint density at radius 1 is 0.793 bits per heavy atom. The molecular weight excluding hydrogens is 366 g/mol. The molecule has 1 aromatic heterocycles. The Balaban J connectivity index is 1.25. The van der Waals surface area contributed by atoms with Crippen LogP contribution in [0.4, 0.5) is 0 Å². The van der Waals surface area contributed by atoms with Crippen molar-refractivity contribution in [1.82, 2.24) is 5.32 Å². The average molecular weight is 387 g/mol. The topological polar surface area (TPSA) is 60.7 Å². The molecule has 1 N–H and O–H groups in total. The minimum absolute atomic E-state index is 0.252. The molecular formula is C24H21NO4. The molecule has 146 valence electrons. The zero-order valence-electron chi connectivity index (χ0n) is 15.8. The average Bonchev–Trinajstić information content (AvgIpc) is 3.25. The van der Waals surface area contributed by atoms with Crippen LogP contribution in [0.1, 0.15) is 16.3 Å². The second-order valence-corrected chi connectivity index (χ2v) is 6.48. The molecule has 29 heavy (non-hydrogen) atoms. The largest absolute Gasteiger partial charge is 0.492 e. The fourth-order valence-corrected chi connectivity index (χ4v) is 2.93. The van der Waals surface area contributed by atoms with Gasteiger partial charge in [-0.3, -0.25) is 4.79 Å². The number of rotatable bonds is 8. The molecule has 0 bridgehead atoms. The molecule has 1 heterocycles. The van der Waals surface area contributed by atoms with Gasteiger partial charge in [0.05, 0.1) is 6.54 Å². The van der Waals surface area contributed by atoms with Gasteiger partial charge in [0.1, 0.15) is 30.5 Å². The molecule has 4 rings (SSSR count). The van der Waals surface area contributed by atoms with Gasteiger partial charge in [-0.15, -0.1) is 0 Å². The summed E-state index contributed by atoms with van der Waals surface area (Å²) in [6.07, 6.45) is 0. The Morgan fingerprint density at radius 3 is 2.45 bits per heavy atom. The van der Waals surface area contributed by atoms with Crippen LogP contribution in [-0.4, -0.2) is 19.1 Å². The number of carbonyl (C=O) groups excluding carboxylic acids is 1. The van der Waals surface area contributed by atoms with E-state index in [0.29, 0.717) is 18.9 Å². The van der Waals surface area contributed by atoms with Gasteiger partial charge in [0.15, 0.2) is 5.76 Å². The van der Waals surface area contributed by atoms with Crippen molar-refractivity contribution < 1.29 is 18.7 Å². The van der Waals surface area contributed by atoms with Crippen molar-refractivity contribution in [2.45, 2.75) is 6.61 Å². The lowest BCUT2D eigenvalue weighted by Gasteiger charge is -2.07. The first-order chi connectivity index (χ1) is 14.3. The minimum Gasteiger partial charge on any atom is -0.492 e. The minimum atomic E-state index is -0.279. The number of benzene rings is 3. The van der Waals surface area contributed by atoms with Crippen molar-refractivity contribution in [2.24, 2.45) is 0 Å². The molecule has 1 amide bonds. The summed E-state index contributed by atoms with van der Waals surface area (Å²) in [7, 11) is 0. The Hall–Kier alpha value is -3.73. The molecule has 0 aliphatic rings. The molecule has 4 aromatic rings. The summed E-state index contributed by atoms with van der Waals surface area (Å²) >= 11 is 0. The molecule has 0 spiro atoms. The summed E-state index contributed by atoms with van der Waals surface area (Å²) in [6.45, 7) is 1.02. The third-order valence-corrected chi connectivity index (χ3v) is 4.39. The predicted octanol–water partition coefficient (Wildman–Crippen LogP) is 4.82. The van der Waals surface area contributed by atoms with Crippen LogP contribution in [0.5, 0.6) is 11.5 Å². The van der Waals surface area contributed by atoms with Gasteiger partial charge in [-0.25, -0.2) is 0 Å².